The molecule has 2 aromatic carbocycles. The van der Waals surface area contributed by atoms with Crippen LogP contribution in [0.1, 0.15) is 31.8 Å². The first kappa shape index (κ1) is 15.9. The van der Waals surface area contributed by atoms with Crippen molar-refractivity contribution in [2.45, 2.75) is 13.8 Å². The average molecular weight is 318 g/mol. The van der Waals surface area contributed by atoms with E-state index >= 15 is 0 Å². The summed E-state index contributed by atoms with van der Waals surface area (Å²) in [6.07, 6.45) is 0. The van der Waals surface area contributed by atoms with E-state index in [1.807, 2.05) is 26.0 Å². The molecule has 0 fully saturated rings. The molecule has 0 spiro atoms. The molecule has 0 unspecified atom stereocenters. The second-order valence-corrected chi connectivity index (χ2v) is 5.43. The van der Waals surface area contributed by atoms with E-state index in [0.29, 0.717) is 0 Å². The quantitative estimate of drug-likeness (QED) is 0.867. The van der Waals surface area contributed by atoms with Gasteiger partial charge in [0.2, 0.25) is 0 Å². The van der Waals surface area contributed by atoms with Gasteiger partial charge >= 0.3 is 23.3 Å². The molecule has 6 heteroatoms. The fraction of sp³-hybridized carbons (Fsp3) is 0.125. The summed E-state index contributed by atoms with van der Waals surface area (Å²) in [7, 11) is 0. The third-order valence-electron chi connectivity index (χ3n) is 2.80. The number of rotatable bonds is 4. The zero-order chi connectivity index (χ0) is 16.1. The van der Waals surface area contributed by atoms with Crippen LogP contribution < -0.4 is 0 Å². The largest absolute Gasteiger partial charge is 0.423 e. The topological polar surface area (TPSA) is 69.7 Å². The molecule has 0 N–H and O–H groups in total. The lowest BCUT2D eigenvalue weighted by atomic mass is 10.1. The molecule has 0 heterocycles. The molecular formula is C16H14O5S. The molecule has 22 heavy (non-hydrogen) atoms. The van der Waals surface area contributed by atoms with Crippen LogP contribution in [0.2, 0.25) is 0 Å². The Morgan fingerprint density at radius 3 is 1.59 bits per heavy atom. The van der Waals surface area contributed by atoms with E-state index < -0.39 is 23.3 Å². The van der Waals surface area contributed by atoms with Gasteiger partial charge in [0.25, 0.3) is 0 Å². The lowest BCUT2D eigenvalue weighted by Gasteiger charge is -2.05. The van der Waals surface area contributed by atoms with Gasteiger partial charge in [-0.25, -0.2) is 9.59 Å². The van der Waals surface area contributed by atoms with Crippen LogP contribution in [0.25, 0.3) is 0 Å². The Morgan fingerprint density at radius 1 is 0.818 bits per heavy atom. The van der Waals surface area contributed by atoms with Gasteiger partial charge in [-0.1, -0.05) is 35.4 Å². The smallest absolute Gasteiger partial charge is 0.330 e. The monoisotopic (exact) mass is 318 g/mol. The van der Waals surface area contributed by atoms with Gasteiger partial charge in [0, 0.05) is 0 Å². The summed E-state index contributed by atoms with van der Waals surface area (Å²) < 4.78 is 20.8. The minimum absolute atomic E-state index is 0.236. The summed E-state index contributed by atoms with van der Waals surface area (Å²) in [4.78, 5) is 23.5. The Kier molecular flexibility index (Phi) is 5.06. The summed E-state index contributed by atoms with van der Waals surface area (Å²) in [5, 5.41) is 0. The van der Waals surface area contributed by atoms with Crippen molar-refractivity contribution in [2.75, 3.05) is 0 Å². The van der Waals surface area contributed by atoms with Crippen LogP contribution in [0.3, 0.4) is 0 Å². The predicted molar refractivity (Wildman–Crippen MR) is 81.3 cm³/mol. The van der Waals surface area contributed by atoms with E-state index in [0.717, 1.165) is 11.1 Å². The summed E-state index contributed by atoms with van der Waals surface area (Å²) in [5.74, 6) is -1.64. The molecule has 0 amide bonds. The fourth-order valence-corrected chi connectivity index (χ4v) is 2.25. The first-order valence-corrected chi connectivity index (χ1v) is 7.46. The predicted octanol–water partition coefficient (Wildman–Crippen LogP) is 2.90. The van der Waals surface area contributed by atoms with Gasteiger partial charge in [-0.3, -0.25) is 0 Å². The van der Waals surface area contributed by atoms with Crippen molar-refractivity contribution in [3.05, 3.63) is 70.8 Å². The Bertz CT molecular complexity index is 677. The minimum Gasteiger partial charge on any atom is -0.330 e. The first-order chi connectivity index (χ1) is 10.5. The van der Waals surface area contributed by atoms with E-state index in [1.165, 1.54) is 12.1 Å². The van der Waals surface area contributed by atoms with Crippen LogP contribution in [0.4, 0.5) is 0 Å². The number of carbonyl (C=O) groups excluding carboxylic acids is 2. The summed E-state index contributed by atoms with van der Waals surface area (Å²) in [5.41, 5.74) is 2.19. The van der Waals surface area contributed by atoms with Gasteiger partial charge in [0.15, 0.2) is 0 Å². The molecule has 0 aromatic heterocycles. The Hall–Kier alpha value is -2.47. The van der Waals surface area contributed by atoms with Gasteiger partial charge < -0.3 is 8.37 Å². The molecule has 0 aliphatic heterocycles. The zero-order valence-electron chi connectivity index (χ0n) is 12.1. The Morgan fingerprint density at radius 2 is 1.23 bits per heavy atom. The van der Waals surface area contributed by atoms with Crippen molar-refractivity contribution in [2.24, 2.45) is 0 Å². The highest BCUT2D eigenvalue weighted by Crippen LogP contribution is 2.10. The summed E-state index contributed by atoms with van der Waals surface area (Å²) in [6.45, 7) is 3.62. The third kappa shape index (κ3) is 4.26. The zero-order valence-corrected chi connectivity index (χ0v) is 12.9. The molecule has 2 aromatic rings. The molecule has 0 aliphatic rings. The molecule has 0 radical (unpaired) electrons. The maximum Gasteiger partial charge on any atom is 0.423 e. The molecule has 0 atom stereocenters. The van der Waals surface area contributed by atoms with E-state index in [2.05, 4.69) is 8.37 Å². The first-order valence-electron chi connectivity index (χ1n) is 6.46. The molecule has 0 bridgehead atoms. The summed E-state index contributed by atoms with van der Waals surface area (Å²) in [6, 6.07) is 13.2. The molecule has 5 nitrogen and oxygen atoms in total. The Balaban J connectivity index is 1.98. The number of benzene rings is 2. The maximum absolute atomic E-state index is 11.8. The minimum atomic E-state index is -2.49. The highest BCUT2D eigenvalue weighted by atomic mass is 32.2. The lowest BCUT2D eigenvalue weighted by molar-refractivity contribution is 0.0676. The number of carbonyl (C=O) groups is 2. The molecular weight excluding hydrogens is 304 g/mol. The van der Waals surface area contributed by atoms with Crippen molar-refractivity contribution in [3.8, 4) is 0 Å². The van der Waals surface area contributed by atoms with E-state index in [-0.39, 0.29) is 11.1 Å². The highest BCUT2D eigenvalue weighted by Gasteiger charge is 2.17. The van der Waals surface area contributed by atoms with Crippen LogP contribution >= 0.6 is 0 Å². The fourth-order valence-electron chi connectivity index (χ4n) is 1.78. The van der Waals surface area contributed by atoms with Crippen molar-refractivity contribution in [1.82, 2.24) is 0 Å². The average Bonchev–Trinajstić information content (AvgIpc) is 2.47. The van der Waals surface area contributed by atoms with Gasteiger partial charge in [0.05, 0.1) is 11.1 Å². The van der Waals surface area contributed by atoms with Gasteiger partial charge in [-0.05, 0) is 38.1 Å². The van der Waals surface area contributed by atoms with Gasteiger partial charge in [-0.15, -0.1) is 0 Å². The standard InChI is InChI=1S/C16H14O5S/c1-11-5-3-7-13(9-11)15(17)20-22(19)21-16(18)14-8-4-6-12(2)10-14/h3-10H,1-2H3. The summed E-state index contributed by atoms with van der Waals surface area (Å²) >= 11 is -2.49. The maximum atomic E-state index is 11.8. The van der Waals surface area contributed by atoms with Gasteiger partial charge in [-0.2, -0.15) is 4.21 Å². The van der Waals surface area contributed by atoms with Gasteiger partial charge in [0.1, 0.15) is 0 Å². The molecule has 0 saturated carbocycles. The van der Waals surface area contributed by atoms with Crippen LogP contribution in [-0.4, -0.2) is 16.1 Å². The van der Waals surface area contributed by atoms with Crippen LogP contribution in [0.15, 0.2) is 48.5 Å². The van der Waals surface area contributed by atoms with Crippen LogP contribution in [0.5, 0.6) is 0 Å². The second kappa shape index (κ2) is 7.00. The van der Waals surface area contributed by atoms with Crippen molar-refractivity contribution in [3.63, 3.8) is 0 Å². The molecule has 114 valence electrons. The molecule has 2 rings (SSSR count). The lowest BCUT2D eigenvalue weighted by Crippen LogP contribution is -2.14. The van der Waals surface area contributed by atoms with E-state index in [9.17, 15) is 13.8 Å². The highest BCUT2D eigenvalue weighted by molar-refractivity contribution is 7.76. The number of aryl methyl sites for hydroxylation is 2. The van der Waals surface area contributed by atoms with Crippen molar-refractivity contribution >= 4 is 23.3 Å². The Labute approximate surface area is 130 Å². The third-order valence-corrected chi connectivity index (χ3v) is 3.37. The number of hydrogen-bond donors (Lipinski definition) is 0. The van der Waals surface area contributed by atoms with Crippen molar-refractivity contribution < 1.29 is 22.2 Å². The SMILES string of the molecule is Cc1cccc(C(=O)OS(=O)OC(=O)c2cccc(C)c2)c1. The number of hydrogen-bond acceptors (Lipinski definition) is 5. The molecule has 0 saturated heterocycles. The normalized spacial score (nSPS) is 10.3. The van der Waals surface area contributed by atoms with E-state index in [1.54, 1.807) is 24.3 Å². The van der Waals surface area contributed by atoms with Crippen LogP contribution in [0, 0.1) is 13.8 Å². The molecule has 0 aliphatic carbocycles. The van der Waals surface area contributed by atoms with Crippen LogP contribution in [-0.2, 0) is 19.7 Å². The van der Waals surface area contributed by atoms with Crippen molar-refractivity contribution in [1.29, 1.82) is 0 Å². The second-order valence-electron chi connectivity index (χ2n) is 4.68. The van der Waals surface area contributed by atoms with E-state index in [4.69, 9.17) is 0 Å².